The third-order valence-corrected chi connectivity index (χ3v) is 4.79. The van der Waals surface area contributed by atoms with Crippen LogP contribution in [0.4, 0.5) is 36.3 Å². The molecule has 0 saturated carbocycles. The maximum Gasteiger partial charge on any atom is 0.421 e. The van der Waals surface area contributed by atoms with E-state index in [1.54, 1.807) is 48.5 Å². The van der Waals surface area contributed by atoms with Crippen molar-refractivity contribution in [1.82, 2.24) is 9.97 Å². The summed E-state index contributed by atoms with van der Waals surface area (Å²) in [6.45, 7) is 2.72. The monoisotopic (exact) mass is 480 g/mol. The number of alkyl halides is 3. The van der Waals surface area contributed by atoms with E-state index in [2.05, 4.69) is 43.5 Å². The lowest BCUT2D eigenvalue weighted by molar-refractivity contribution is -0.137. The predicted molar refractivity (Wildman–Crippen MR) is 115 cm³/mol. The van der Waals surface area contributed by atoms with E-state index in [-0.39, 0.29) is 11.8 Å². The quantitative estimate of drug-likeness (QED) is 0.342. The summed E-state index contributed by atoms with van der Waals surface area (Å²) in [6, 6.07) is 13.9. The highest BCUT2D eigenvalue weighted by atomic mass is 79.9. The SMILES string of the molecule is CCCCOc1ccc(Nc2ncc(C(F)(F)F)c(Nc3ccccc3Br)n2)cc1. The third kappa shape index (κ3) is 5.85. The number of ether oxygens (including phenoxy) is 1. The van der Waals surface area contributed by atoms with Crippen LogP contribution in [-0.4, -0.2) is 16.6 Å². The van der Waals surface area contributed by atoms with Crippen molar-refractivity contribution < 1.29 is 17.9 Å². The second kappa shape index (κ2) is 9.80. The summed E-state index contributed by atoms with van der Waals surface area (Å²) in [6.07, 6.45) is -1.83. The van der Waals surface area contributed by atoms with E-state index >= 15 is 0 Å². The van der Waals surface area contributed by atoms with E-state index in [1.165, 1.54) is 0 Å². The molecule has 0 aliphatic carbocycles. The van der Waals surface area contributed by atoms with Gasteiger partial charge in [0.05, 0.1) is 12.3 Å². The number of nitrogens with zero attached hydrogens (tertiary/aromatic N) is 2. The molecule has 2 aromatic carbocycles. The first kappa shape index (κ1) is 21.9. The molecular weight excluding hydrogens is 461 g/mol. The normalized spacial score (nSPS) is 11.2. The molecule has 0 unspecified atom stereocenters. The number of rotatable bonds is 8. The van der Waals surface area contributed by atoms with Crippen LogP contribution in [0.3, 0.4) is 0 Å². The lowest BCUT2D eigenvalue weighted by atomic mass is 10.2. The van der Waals surface area contributed by atoms with Crippen molar-refractivity contribution in [1.29, 1.82) is 0 Å². The van der Waals surface area contributed by atoms with Gasteiger partial charge in [0.1, 0.15) is 17.1 Å². The van der Waals surface area contributed by atoms with E-state index in [4.69, 9.17) is 4.74 Å². The third-order valence-electron chi connectivity index (χ3n) is 4.10. The molecule has 0 fully saturated rings. The number of benzene rings is 2. The lowest BCUT2D eigenvalue weighted by Crippen LogP contribution is -2.12. The van der Waals surface area contributed by atoms with Crippen molar-refractivity contribution in [3.05, 3.63) is 64.8 Å². The molecule has 158 valence electrons. The highest BCUT2D eigenvalue weighted by Gasteiger charge is 2.35. The maximum absolute atomic E-state index is 13.4. The molecule has 0 aliphatic rings. The van der Waals surface area contributed by atoms with Gasteiger partial charge in [-0.25, -0.2) is 4.98 Å². The van der Waals surface area contributed by atoms with Crippen LogP contribution in [-0.2, 0) is 6.18 Å². The van der Waals surface area contributed by atoms with Crippen LogP contribution in [0.15, 0.2) is 59.2 Å². The molecule has 0 amide bonds. The molecule has 5 nitrogen and oxygen atoms in total. The van der Waals surface area contributed by atoms with Crippen LogP contribution in [0.25, 0.3) is 0 Å². The highest BCUT2D eigenvalue weighted by molar-refractivity contribution is 9.10. The smallest absolute Gasteiger partial charge is 0.421 e. The Morgan fingerprint density at radius 1 is 1.03 bits per heavy atom. The highest BCUT2D eigenvalue weighted by Crippen LogP contribution is 2.36. The number of aromatic nitrogens is 2. The molecule has 3 aromatic rings. The summed E-state index contributed by atoms with van der Waals surface area (Å²) in [5.41, 5.74) is 0.133. The first-order valence-corrected chi connectivity index (χ1v) is 10.1. The first-order valence-electron chi connectivity index (χ1n) is 9.32. The fraction of sp³-hybridized carbons (Fsp3) is 0.238. The minimum atomic E-state index is -4.60. The molecule has 0 radical (unpaired) electrons. The van der Waals surface area contributed by atoms with Crippen molar-refractivity contribution in [3.8, 4) is 5.75 Å². The summed E-state index contributed by atoms with van der Waals surface area (Å²) >= 11 is 3.32. The Bertz CT molecular complexity index is 981. The van der Waals surface area contributed by atoms with E-state index in [1.807, 2.05) is 0 Å². The van der Waals surface area contributed by atoms with Gasteiger partial charge in [-0.1, -0.05) is 25.5 Å². The largest absolute Gasteiger partial charge is 0.494 e. The fourth-order valence-electron chi connectivity index (χ4n) is 2.53. The zero-order chi connectivity index (χ0) is 21.6. The molecule has 30 heavy (non-hydrogen) atoms. The molecule has 1 heterocycles. The van der Waals surface area contributed by atoms with Gasteiger partial charge >= 0.3 is 6.18 Å². The fourth-order valence-corrected chi connectivity index (χ4v) is 2.92. The van der Waals surface area contributed by atoms with Gasteiger partial charge in [-0.15, -0.1) is 0 Å². The second-order valence-corrected chi connectivity index (χ2v) is 7.26. The standard InChI is InChI=1S/C21H20BrF3N4O/c1-2-3-12-30-15-10-8-14(9-11-15)27-20-26-13-16(21(23,24)25)19(29-20)28-18-7-5-4-6-17(18)22/h4-11,13H,2-3,12H2,1H3,(H2,26,27,28,29). The predicted octanol–water partition coefficient (Wildman–Crippen LogP) is 6.92. The average molecular weight is 481 g/mol. The molecule has 2 N–H and O–H groups in total. The molecule has 0 aliphatic heterocycles. The Hall–Kier alpha value is -2.81. The van der Waals surface area contributed by atoms with Gasteiger partial charge in [0.2, 0.25) is 5.95 Å². The average Bonchev–Trinajstić information content (AvgIpc) is 2.70. The van der Waals surface area contributed by atoms with Crippen LogP contribution >= 0.6 is 15.9 Å². The Balaban J connectivity index is 1.81. The molecule has 0 atom stereocenters. The second-order valence-electron chi connectivity index (χ2n) is 6.41. The first-order chi connectivity index (χ1) is 14.4. The summed E-state index contributed by atoms with van der Waals surface area (Å²) in [7, 11) is 0. The van der Waals surface area contributed by atoms with Crippen LogP contribution < -0.4 is 15.4 Å². The number of unbranched alkanes of at least 4 members (excludes halogenated alkanes) is 1. The summed E-state index contributed by atoms with van der Waals surface area (Å²) < 4.78 is 46.5. The minimum absolute atomic E-state index is 0.0391. The molecule has 0 bridgehead atoms. The molecule has 0 spiro atoms. The van der Waals surface area contributed by atoms with E-state index in [0.717, 1.165) is 24.8 Å². The summed E-state index contributed by atoms with van der Waals surface area (Å²) in [4.78, 5) is 7.87. The van der Waals surface area contributed by atoms with Crippen LogP contribution in [0.1, 0.15) is 25.3 Å². The number of nitrogens with one attached hydrogen (secondary N) is 2. The lowest BCUT2D eigenvalue weighted by Gasteiger charge is -2.15. The van der Waals surface area contributed by atoms with Gasteiger partial charge in [-0.05, 0) is 58.7 Å². The minimum Gasteiger partial charge on any atom is -0.494 e. The number of hydrogen-bond donors (Lipinski definition) is 2. The zero-order valence-electron chi connectivity index (χ0n) is 16.1. The van der Waals surface area contributed by atoms with E-state index in [9.17, 15) is 13.2 Å². The van der Waals surface area contributed by atoms with Gasteiger partial charge in [-0.2, -0.15) is 18.2 Å². The zero-order valence-corrected chi connectivity index (χ0v) is 17.7. The van der Waals surface area contributed by atoms with Gasteiger partial charge in [0.15, 0.2) is 0 Å². The van der Waals surface area contributed by atoms with Crippen molar-refractivity contribution >= 4 is 39.1 Å². The summed E-state index contributed by atoms with van der Waals surface area (Å²) in [5.74, 6) is 0.419. The Labute approximate surface area is 180 Å². The van der Waals surface area contributed by atoms with Gasteiger partial charge < -0.3 is 15.4 Å². The maximum atomic E-state index is 13.4. The number of hydrogen-bond acceptors (Lipinski definition) is 5. The number of halogens is 4. The molecule has 1 aromatic heterocycles. The van der Waals surface area contributed by atoms with Crippen molar-refractivity contribution in [2.75, 3.05) is 17.2 Å². The molecule has 9 heteroatoms. The topological polar surface area (TPSA) is 59.1 Å². The Morgan fingerprint density at radius 3 is 2.43 bits per heavy atom. The molecule has 3 rings (SSSR count). The van der Waals surface area contributed by atoms with Gasteiger partial charge in [0, 0.05) is 16.4 Å². The van der Waals surface area contributed by atoms with Crippen LogP contribution in [0.5, 0.6) is 5.75 Å². The van der Waals surface area contributed by atoms with E-state index in [0.29, 0.717) is 22.5 Å². The van der Waals surface area contributed by atoms with Crippen molar-refractivity contribution in [3.63, 3.8) is 0 Å². The molecular formula is C21H20BrF3N4O. The molecule has 0 saturated heterocycles. The van der Waals surface area contributed by atoms with Gasteiger partial charge in [-0.3, -0.25) is 0 Å². The van der Waals surface area contributed by atoms with Crippen molar-refractivity contribution in [2.24, 2.45) is 0 Å². The Kier molecular flexibility index (Phi) is 7.15. The number of para-hydroxylation sites is 1. The van der Waals surface area contributed by atoms with Gasteiger partial charge in [0.25, 0.3) is 0 Å². The van der Waals surface area contributed by atoms with Crippen LogP contribution in [0.2, 0.25) is 0 Å². The summed E-state index contributed by atoms with van der Waals surface area (Å²) in [5, 5.41) is 5.65. The van der Waals surface area contributed by atoms with E-state index < -0.39 is 11.7 Å². The number of anilines is 4. The van der Waals surface area contributed by atoms with Crippen LogP contribution in [0, 0.1) is 0 Å². The van der Waals surface area contributed by atoms with Crippen molar-refractivity contribution in [2.45, 2.75) is 25.9 Å². The Morgan fingerprint density at radius 2 is 1.77 bits per heavy atom.